The van der Waals surface area contributed by atoms with Gasteiger partial charge in [0.2, 0.25) is 12.2 Å². The lowest BCUT2D eigenvalue weighted by atomic mass is 9.75. The fraction of sp³-hybridized carbons (Fsp3) is 0.300. The van der Waals surface area contributed by atoms with E-state index < -0.39 is 0 Å². The molecule has 1 aliphatic rings. The summed E-state index contributed by atoms with van der Waals surface area (Å²) in [7, 11) is 0. The quantitative estimate of drug-likeness (QED) is 0.613. The van der Waals surface area contributed by atoms with Gasteiger partial charge in [0.15, 0.2) is 0 Å². The molecule has 3 rings (SSSR count). The Labute approximate surface area is 141 Å². The Balaban J connectivity index is 2.13. The van der Waals surface area contributed by atoms with Crippen LogP contribution in [0.2, 0.25) is 0 Å². The maximum Gasteiger partial charge on any atom is 0.240 e. The molecule has 0 saturated heterocycles. The summed E-state index contributed by atoms with van der Waals surface area (Å²) in [6.07, 6.45) is 4.11. The maximum absolute atomic E-state index is 10.5. The number of benzene rings is 2. The summed E-state index contributed by atoms with van der Waals surface area (Å²) in [4.78, 5) is 28.3. The average Bonchev–Trinajstić information content (AvgIpc) is 2.76. The highest BCUT2D eigenvalue weighted by atomic mass is 16.1. The van der Waals surface area contributed by atoms with E-state index in [1.165, 1.54) is 16.7 Å². The number of carbonyl (C=O) groups excluding carboxylic acids is 2. The molecule has 0 amide bonds. The normalized spacial score (nSPS) is 20.6. The lowest BCUT2D eigenvalue weighted by Crippen LogP contribution is -2.23. The van der Waals surface area contributed by atoms with Crippen molar-refractivity contribution >= 4 is 23.5 Å². The third kappa shape index (κ3) is 2.52. The number of isocyanates is 2. The van der Waals surface area contributed by atoms with E-state index >= 15 is 0 Å². The van der Waals surface area contributed by atoms with Crippen LogP contribution in [0.3, 0.4) is 0 Å². The molecule has 0 aliphatic heterocycles. The van der Waals surface area contributed by atoms with E-state index in [1.54, 1.807) is 12.2 Å². The van der Waals surface area contributed by atoms with Crippen molar-refractivity contribution in [2.45, 2.75) is 38.0 Å². The second kappa shape index (κ2) is 5.68. The largest absolute Gasteiger partial charge is 0.240 e. The Hall–Kier alpha value is -2.80. The van der Waals surface area contributed by atoms with Crippen LogP contribution >= 0.6 is 0 Å². The molecule has 1 unspecified atom stereocenters. The highest BCUT2D eigenvalue weighted by Crippen LogP contribution is 2.53. The SMILES string of the molecule is CC1(C)CC(C)(c2ccc(N=C=O)cc2)c2ccc(N=C=O)cc21. The number of aliphatic imine (C=N–C) groups is 2. The minimum atomic E-state index is -0.147. The van der Waals surface area contributed by atoms with Gasteiger partial charge in [-0.1, -0.05) is 39.0 Å². The highest BCUT2D eigenvalue weighted by Gasteiger charge is 2.45. The summed E-state index contributed by atoms with van der Waals surface area (Å²) in [5.74, 6) is 0. The van der Waals surface area contributed by atoms with Crippen LogP contribution in [0.4, 0.5) is 11.4 Å². The van der Waals surface area contributed by atoms with Gasteiger partial charge >= 0.3 is 0 Å². The minimum Gasteiger partial charge on any atom is -0.211 e. The van der Waals surface area contributed by atoms with Gasteiger partial charge in [0, 0.05) is 5.41 Å². The Morgan fingerprint density at radius 1 is 0.833 bits per heavy atom. The van der Waals surface area contributed by atoms with Gasteiger partial charge in [-0.3, -0.25) is 0 Å². The molecule has 2 aromatic rings. The summed E-state index contributed by atoms with van der Waals surface area (Å²) in [5, 5.41) is 0. The number of nitrogens with zero attached hydrogens (tertiary/aromatic N) is 2. The molecule has 2 aromatic carbocycles. The number of fused-ring (bicyclic) bond motifs is 1. The first kappa shape index (κ1) is 16.1. The van der Waals surface area contributed by atoms with Crippen molar-refractivity contribution in [2.24, 2.45) is 9.98 Å². The topological polar surface area (TPSA) is 58.9 Å². The third-order valence-corrected chi connectivity index (χ3v) is 4.98. The molecule has 0 saturated carbocycles. The molecule has 24 heavy (non-hydrogen) atoms. The second-order valence-corrected chi connectivity index (χ2v) is 7.08. The number of hydrogen-bond donors (Lipinski definition) is 0. The van der Waals surface area contributed by atoms with Crippen molar-refractivity contribution in [3.05, 3.63) is 59.2 Å². The van der Waals surface area contributed by atoms with Crippen molar-refractivity contribution in [1.82, 2.24) is 0 Å². The van der Waals surface area contributed by atoms with Gasteiger partial charge in [0.25, 0.3) is 0 Å². The fourth-order valence-corrected chi connectivity index (χ4v) is 3.98. The number of rotatable bonds is 3. The third-order valence-electron chi connectivity index (χ3n) is 4.98. The van der Waals surface area contributed by atoms with Crippen LogP contribution < -0.4 is 0 Å². The maximum atomic E-state index is 10.5. The van der Waals surface area contributed by atoms with Crippen molar-refractivity contribution in [3.63, 3.8) is 0 Å². The summed E-state index contributed by atoms with van der Waals surface area (Å²) in [5.41, 5.74) is 4.68. The molecular weight excluding hydrogens is 300 g/mol. The Bertz CT molecular complexity index is 886. The van der Waals surface area contributed by atoms with Gasteiger partial charge in [0.1, 0.15) is 0 Å². The van der Waals surface area contributed by atoms with Crippen molar-refractivity contribution in [1.29, 1.82) is 0 Å². The molecule has 0 heterocycles. The Morgan fingerprint density at radius 3 is 2.04 bits per heavy atom. The van der Waals surface area contributed by atoms with Gasteiger partial charge in [-0.2, -0.15) is 9.98 Å². The predicted molar refractivity (Wildman–Crippen MR) is 92.5 cm³/mol. The van der Waals surface area contributed by atoms with Crippen molar-refractivity contribution in [2.75, 3.05) is 0 Å². The average molecular weight is 318 g/mol. The molecule has 120 valence electrons. The molecule has 0 spiro atoms. The summed E-state index contributed by atoms with van der Waals surface area (Å²) >= 11 is 0. The van der Waals surface area contributed by atoms with Crippen LogP contribution in [0.15, 0.2) is 52.4 Å². The molecule has 4 heteroatoms. The molecule has 0 bridgehead atoms. The lowest BCUT2D eigenvalue weighted by molar-refractivity contribution is 0.425. The van der Waals surface area contributed by atoms with Gasteiger partial charge in [0.05, 0.1) is 11.4 Å². The molecule has 0 radical (unpaired) electrons. The van der Waals surface area contributed by atoms with Gasteiger partial charge in [-0.05, 0) is 52.8 Å². The van der Waals surface area contributed by atoms with E-state index in [1.807, 2.05) is 36.4 Å². The van der Waals surface area contributed by atoms with Gasteiger partial charge < -0.3 is 0 Å². The first-order valence-corrected chi connectivity index (χ1v) is 7.82. The molecule has 1 atom stereocenters. The molecular formula is C20H18N2O2. The summed E-state index contributed by atoms with van der Waals surface area (Å²) < 4.78 is 0. The Morgan fingerprint density at radius 2 is 1.42 bits per heavy atom. The molecule has 1 aliphatic carbocycles. The zero-order chi connectivity index (χ0) is 17.4. The molecule has 4 nitrogen and oxygen atoms in total. The Kier molecular flexibility index (Phi) is 3.81. The molecule has 0 aromatic heterocycles. The van der Waals surface area contributed by atoms with E-state index in [-0.39, 0.29) is 10.8 Å². The fourth-order valence-electron chi connectivity index (χ4n) is 3.98. The summed E-state index contributed by atoms with van der Waals surface area (Å²) in [6, 6.07) is 13.6. The van der Waals surface area contributed by atoms with Crippen LogP contribution in [-0.4, -0.2) is 12.2 Å². The van der Waals surface area contributed by atoms with Gasteiger partial charge in [-0.15, -0.1) is 0 Å². The highest BCUT2D eigenvalue weighted by molar-refractivity contribution is 5.60. The first-order chi connectivity index (χ1) is 11.4. The lowest BCUT2D eigenvalue weighted by Gasteiger charge is -2.28. The zero-order valence-electron chi connectivity index (χ0n) is 14.0. The second-order valence-electron chi connectivity index (χ2n) is 7.08. The minimum absolute atomic E-state index is 0.0296. The van der Waals surface area contributed by atoms with Crippen LogP contribution in [-0.2, 0) is 20.4 Å². The monoisotopic (exact) mass is 318 g/mol. The summed E-state index contributed by atoms with van der Waals surface area (Å²) in [6.45, 7) is 6.63. The number of hydrogen-bond acceptors (Lipinski definition) is 4. The van der Waals surface area contributed by atoms with Crippen molar-refractivity contribution < 1.29 is 9.59 Å². The van der Waals surface area contributed by atoms with Crippen molar-refractivity contribution in [3.8, 4) is 0 Å². The standard InChI is InChI=1S/C20H18N2O2/c1-19(2)11-20(3,14-4-6-15(7-5-14)21-12-23)17-9-8-16(22-13-24)10-18(17)19/h4-10H,11H2,1-3H3. The molecule has 0 N–H and O–H groups in total. The van der Waals surface area contributed by atoms with Crippen LogP contribution in [0.1, 0.15) is 43.9 Å². The smallest absolute Gasteiger partial charge is 0.211 e. The van der Waals surface area contributed by atoms with E-state index in [0.29, 0.717) is 11.4 Å². The van der Waals surface area contributed by atoms with E-state index in [2.05, 4.69) is 36.8 Å². The van der Waals surface area contributed by atoms with E-state index in [4.69, 9.17) is 0 Å². The van der Waals surface area contributed by atoms with Gasteiger partial charge in [-0.25, -0.2) is 9.59 Å². The zero-order valence-corrected chi connectivity index (χ0v) is 14.0. The molecule has 0 fully saturated rings. The van der Waals surface area contributed by atoms with E-state index in [9.17, 15) is 9.59 Å². The first-order valence-electron chi connectivity index (χ1n) is 7.82. The predicted octanol–water partition coefficient (Wildman–Crippen LogP) is 4.61. The van der Waals surface area contributed by atoms with E-state index in [0.717, 1.165) is 6.42 Å². The van der Waals surface area contributed by atoms with Crippen LogP contribution in [0, 0.1) is 0 Å². The van der Waals surface area contributed by atoms with Crippen LogP contribution in [0.5, 0.6) is 0 Å². The van der Waals surface area contributed by atoms with Crippen LogP contribution in [0.25, 0.3) is 0 Å².